The molecule has 0 fully saturated rings. The third kappa shape index (κ3) is 2.37. The molecule has 0 saturated carbocycles. The lowest BCUT2D eigenvalue weighted by Crippen LogP contribution is -2.10. The number of phenols is 1. The van der Waals surface area contributed by atoms with E-state index in [2.05, 4.69) is 10.5 Å². The van der Waals surface area contributed by atoms with Gasteiger partial charge >= 0.3 is 0 Å². The van der Waals surface area contributed by atoms with Gasteiger partial charge in [-0.1, -0.05) is 41.4 Å². The predicted octanol–water partition coefficient (Wildman–Crippen LogP) is 3.79. The Morgan fingerprint density at radius 1 is 1.25 bits per heavy atom. The van der Waals surface area contributed by atoms with Crippen LogP contribution in [0.5, 0.6) is 5.75 Å². The van der Waals surface area contributed by atoms with Crippen molar-refractivity contribution in [3.05, 3.63) is 64.2 Å². The fraction of sp³-hybridized carbons (Fsp3) is 0.188. The zero-order valence-corrected chi connectivity index (χ0v) is 11.9. The summed E-state index contributed by atoms with van der Waals surface area (Å²) in [7, 11) is 0. The molecule has 3 rings (SSSR count). The summed E-state index contributed by atoms with van der Waals surface area (Å²) in [5.74, 6) is 0.260. The molecule has 0 spiro atoms. The van der Waals surface area contributed by atoms with Crippen LogP contribution < -0.4 is 5.43 Å². The highest BCUT2D eigenvalue weighted by molar-refractivity contribution is 6.31. The van der Waals surface area contributed by atoms with Crippen LogP contribution in [0, 0.1) is 6.92 Å². The number of rotatable bonds is 2. The maximum Gasteiger partial charge on any atom is 0.124 e. The molecule has 0 saturated heterocycles. The Bertz CT molecular complexity index is 682. The Morgan fingerprint density at radius 2 is 2.05 bits per heavy atom. The minimum absolute atomic E-state index is 0.0543. The minimum Gasteiger partial charge on any atom is -0.507 e. The van der Waals surface area contributed by atoms with E-state index in [4.69, 9.17) is 11.6 Å². The molecule has 2 aromatic rings. The van der Waals surface area contributed by atoms with Crippen LogP contribution in [0.1, 0.15) is 29.2 Å². The SMILES string of the molecule is Cc1ccc(O)c(C2=NN[C@@H](c3ccccc3Cl)C2)c1. The molecule has 1 atom stereocenters. The highest BCUT2D eigenvalue weighted by Gasteiger charge is 2.24. The first-order chi connectivity index (χ1) is 9.65. The van der Waals surface area contributed by atoms with Gasteiger partial charge in [-0.3, -0.25) is 0 Å². The van der Waals surface area contributed by atoms with E-state index in [1.165, 1.54) is 0 Å². The molecule has 3 nitrogen and oxygen atoms in total. The number of hydrazone groups is 1. The van der Waals surface area contributed by atoms with Gasteiger partial charge in [0.2, 0.25) is 0 Å². The van der Waals surface area contributed by atoms with E-state index in [0.717, 1.165) is 27.4 Å². The van der Waals surface area contributed by atoms with E-state index in [9.17, 15) is 5.11 Å². The fourth-order valence-electron chi connectivity index (χ4n) is 2.43. The lowest BCUT2D eigenvalue weighted by Gasteiger charge is -2.12. The van der Waals surface area contributed by atoms with Crippen molar-refractivity contribution >= 4 is 17.3 Å². The summed E-state index contributed by atoms with van der Waals surface area (Å²) < 4.78 is 0. The zero-order valence-electron chi connectivity index (χ0n) is 11.1. The smallest absolute Gasteiger partial charge is 0.124 e. The monoisotopic (exact) mass is 286 g/mol. The molecular weight excluding hydrogens is 272 g/mol. The Balaban J connectivity index is 1.86. The average Bonchev–Trinajstić information content (AvgIpc) is 2.91. The number of nitrogens with one attached hydrogen (secondary N) is 1. The summed E-state index contributed by atoms with van der Waals surface area (Å²) >= 11 is 6.21. The van der Waals surface area contributed by atoms with Crippen molar-refractivity contribution in [2.45, 2.75) is 19.4 Å². The third-order valence-electron chi connectivity index (χ3n) is 3.50. The van der Waals surface area contributed by atoms with Crippen LogP contribution in [0.25, 0.3) is 0 Å². The first kappa shape index (κ1) is 13.0. The zero-order chi connectivity index (χ0) is 14.1. The second-order valence-corrected chi connectivity index (χ2v) is 5.39. The van der Waals surface area contributed by atoms with E-state index in [0.29, 0.717) is 6.42 Å². The molecule has 4 heteroatoms. The van der Waals surface area contributed by atoms with Gasteiger partial charge in [-0.15, -0.1) is 0 Å². The molecule has 102 valence electrons. The summed E-state index contributed by atoms with van der Waals surface area (Å²) in [6, 6.07) is 13.3. The van der Waals surface area contributed by atoms with Crippen molar-refractivity contribution in [2.75, 3.05) is 0 Å². The quantitative estimate of drug-likeness (QED) is 0.882. The average molecular weight is 287 g/mol. The Hall–Kier alpha value is -2.00. The summed E-state index contributed by atoms with van der Waals surface area (Å²) in [6.45, 7) is 2.00. The molecule has 1 aliphatic heterocycles. The van der Waals surface area contributed by atoms with Crippen molar-refractivity contribution in [3.63, 3.8) is 0 Å². The second-order valence-electron chi connectivity index (χ2n) is 4.99. The molecule has 0 amide bonds. The highest BCUT2D eigenvalue weighted by Crippen LogP contribution is 2.31. The van der Waals surface area contributed by atoms with E-state index in [1.54, 1.807) is 6.07 Å². The van der Waals surface area contributed by atoms with E-state index in [-0.39, 0.29) is 11.8 Å². The van der Waals surface area contributed by atoms with E-state index >= 15 is 0 Å². The van der Waals surface area contributed by atoms with Crippen LogP contribution in [0.3, 0.4) is 0 Å². The van der Waals surface area contributed by atoms with Crippen LogP contribution in [-0.4, -0.2) is 10.8 Å². The van der Waals surface area contributed by atoms with Crippen LogP contribution in [-0.2, 0) is 0 Å². The summed E-state index contributed by atoms with van der Waals surface area (Å²) in [4.78, 5) is 0. The molecule has 20 heavy (non-hydrogen) atoms. The molecule has 2 aromatic carbocycles. The standard InChI is InChI=1S/C16H15ClN2O/c1-10-6-7-16(20)12(8-10)15-9-14(18-19-15)11-4-2-3-5-13(11)17/h2-8,14,18,20H,9H2,1H3/t14-/m1/s1. The summed E-state index contributed by atoms with van der Waals surface area (Å²) in [5, 5.41) is 15.1. The van der Waals surface area contributed by atoms with E-state index < -0.39 is 0 Å². The third-order valence-corrected chi connectivity index (χ3v) is 3.84. The van der Waals surface area contributed by atoms with Gasteiger partial charge in [0.05, 0.1) is 11.8 Å². The van der Waals surface area contributed by atoms with Gasteiger partial charge in [0.1, 0.15) is 5.75 Å². The number of aryl methyl sites for hydroxylation is 1. The minimum atomic E-state index is 0.0543. The Kier molecular flexibility index (Phi) is 3.36. The van der Waals surface area contributed by atoms with Crippen molar-refractivity contribution < 1.29 is 5.11 Å². The highest BCUT2D eigenvalue weighted by atomic mass is 35.5. The predicted molar refractivity (Wildman–Crippen MR) is 81.3 cm³/mol. The maximum atomic E-state index is 9.97. The van der Waals surface area contributed by atoms with Crippen molar-refractivity contribution in [1.82, 2.24) is 5.43 Å². The van der Waals surface area contributed by atoms with Crippen LogP contribution in [0.4, 0.5) is 0 Å². The molecule has 0 unspecified atom stereocenters. The number of halogens is 1. The number of hydrogen-bond donors (Lipinski definition) is 2. The van der Waals surface area contributed by atoms with Gasteiger partial charge in [-0.2, -0.15) is 5.10 Å². The number of aromatic hydroxyl groups is 1. The number of phenolic OH excluding ortho intramolecular Hbond substituents is 1. The number of hydrogen-bond acceptors (Lipinski definition) is 3. The van der Waals surface area contributed by atoms with Crippen molar-refractivity contribution in [2.24, 2.45) is 5.10 Å². The Morgan fingerprint density at radius 3 is 2.85 bits per heavy atom. The first-order valence-corrected chi connectivity index (χ1v) is 6.89. The summed E-state index contributed by atoms with van der Waals surface area (Å²) in [5.41, 5.74) is 6.87. The summed E-state index contributed by atoms with van der Waals surface area (Å²) in [6.07, 6.45) is 0.709. The first-order valence-electron chi connectivity index (χ1n) is 6.51. The Labute approximate surface area is 122 Å². The van der Waals surface area contributed by atoms with Gasteiger partial charge in [-0.25, -0.2) is 0 Å². The van der Waals surface area contributed by atoms with Crippen molar-refractivity contribution in [3.8, 4) is 5.75 Å². The fourth-order valence-corrected chi connectivity index (χ4v) is 2.70. The molecule has 0 aromatic heterocycles. The molecule has 1 aliphatic rings. The van der Waals surface area contributed by atoms with Gasteiger partial charge < -0.3 is 10.5 Å². The lowest BCUT2D eigenvalue weighted by molar-refractivity contribution is 0.474. The molecule has 0 bridgehead atoms. The lowest BCUT2D eigenvalue weighted by atomic mass is 9.97. The van der Waals surface area contributed by atoms with Crippen molar-refractivity contribution in [1.29, 1.82) is 0 Å². The van der Waals surface area contributed by atoms with Gasteiger partial charge in [0.15, 0.2) is 0 Å². The van der Waals surface area contributed by atoms with Crippen LogP contribution in [0.15, 0.2) is 47.6 Å². The van der Waals surface area contributed by atoms with Gasteiger partial charge in [0, 0.05) is 17.0 Å². The van der Waals surface area contributed by atoms with Gasteiger partial charge in [0.25, 0.3) is 0 Å². The molecule has 2 N–H and O–H groups in total. The van der Waals surface area contributed by atoms with E-state index in [1.807, 2.05) is 43.3 Å². The molecule has 0 radical (unpaired) electrons. The topological polar surface area (TPSA) is 44.6 Å². The largest absolute Gasteiger partial charge is 0.507 e. The number of benzene rings is 2. The molecule has 1 heterocycles. The normalized spacial score (nSPS) is 17.7. The number of nitrogens with zero attached hydrogens (tertiary/aromatic N) is 1. The maximum absolute atomic E-state index is 9.97. The molecular formula is C16H15ClN2O. The van der Waals surface area contributed by atoms with Gasteiger partial charge in [-0.05, 0) is 30.7 Å². The van der Waals surface area contributed by atoms with Crippen LogP contribution >= 0.6 is 11.6 Å². The molecule has 0 aliphatic carbocycles. The van der Waals surface area contributed by atoms with Crippen LogP contribution in [0.2, 0.25) is 5.02 Å². The second kappa shape index (κ2) is 5.17.